The van der Waals surface area contributed by atoms with Gasteiger partial charge in [0.15, 0.2) is 0 Å². The number of H-pyrrole nitrogens is 1. The van der Waals surface area contributed by atoms with Crippen LogP contribution in [0.3, 0.4) is 0 Å². The summed E-state index contributed by atoms with van der Waals surface area (Å²) in [4.78, 5) is 31.2. The van der Waals surface area contributed by atoms with Gasteiger partial charge in [-0.3, -0.25) is 9.89 Å². The molecule has 8 heteroatoms. The van der Waals surface area contributed by atoms with Crippen LogP contribution in [0.1, 0.15) is 16.8 Å². The molecule has 3 aromatic rings. The van der Waals surface area contributed by atoms with Crippen molar-refractivity contribution in [1.82, 2.24) is 19.6 Å². The van der Waals surface area contributed by atoms with E-state index in [0.717, 1.165) is 17.3 Å². The summed E-state index contributed by atoms with van der Waals surface area (Å²) in [5, 5.41) is 14.6. The molecule has 8 nitrogen and oxygen atoms in total. The fourth-order valence-electron chi connectivity index (χ4n) is 2.31. The number of carboxylic acids is 1. The smallest absolute Gasteiger partial charge is 0.328 e. The Hall–Kier alpha value is -3.42. The van der Waals surface area contributed by atoms with Crippen molar-refractivity contribution in [2.45, 2.75) is 13.5 Å². The molecule has 0 aliphatic carbocycles. The van der Waals surface area contributed by atoms with E-state index in [-0.39, 0.29) is 5.56 Å². The van der Waals surface area contributed by atoms with Gasteiger partial charge in [-0.25, -0.2) is 14.8 Å². The van der Waals surface area contributed by atoms with E-state index in [1.165, 1.54) is 16.9 Å². The third-order valence-electron chi connectivity index (χ3n) is 3.51. The highest BCUT2D eigenvalue weighted by atomic mass is 16.4. The minimum atomic E-state index is -1.00. The van der Waals surface area contributed by atoms with E-state index in [4.69, 9.17) is 5.11 Å². The number of hydrogen-bond donors (Lipinski definition) is 3. The van der Waals surface area contributed by atoms with Gasteiger partial charge in [-0.15, -0.1) is 0 Å². The molecule has 0 spiro atoms. The lowest BCUT2D eigenvalue weighted by Gasteiger charge is -2.09. The largest absolute Gasteiger partial charge is 0.478 e. The van der Waals surface area contributed by atoms with Gasteiger partial charge in [-0.05, 0) is 30.7 Å². The molecular weight excluding hydrogens is 310 g/mol. The van der Waals surface area contributed by atoms with Crippen molar-refractivity contribution in [3.05, 3.63) is 63.8 Å². The number of aryl methyl sites for hydroxylation is 1. The topological polar surface area (TPSA) is 112 Å². The first-order chi connectivity index (χ1) is 11.5. The molecular formula is C16H15N5O3. The van der Waals surface area contributed by atoms with Crippen LogP contribution in [0.4, 0.5) is 5.69 Å². The van der Waals surface area contributed by atoms with Gasteiger partial charge in [0.05, 0.1) is 11.3 Å². The van der Waals surface area contributed by atoms with Gasteiger partial charge in [0, 0.05) is 18.3 Å². The monoisotopic (exact) mass is 325 g/mol. The lowest BCUT2D eigenvalue weighted by Crippen LogP contribution is -2.23. The predicted molar refractivity (Wildman–Crippen MR) is 88.8 cm³/mol. The standard InChI is InChI=1S/C16H15N5O3/c1-10-13(15(24)21-16(20-10)18-9-19-21)8-17-12-4-2-3-11(7-12)5-6-14(22)23/h2-7,9,17H,8H2,1H3,(H,22,23)(H,18,19,20)/b6-5+. The molecule has 3 rings (SSSR count). The zero-order valence-corrected chi connectivity index (χ0v) is 12.9. The summed E-state index contributed by atoms with van der Waals surface area (Å²) in [6.45, 7) is 2.06. The van der Waals surface area contributed by atoms with E-state index in [9.17, 15) is 9.59 Å². The van der Waals surface area contributed by atoms with E-state index in [1.54, 1.807) is 25.1 Å². The first kappa shape index (κ1) is 15.5. The quantitative estimate of drug-likeness (QED) is 0.612. The summed E-state index contributed by atoms with van der Waals surface area (Å²) in [6.07, 6.45) is 4.00. The third-order valence-corrected chi connectivity index (χ3v) is 3.51. The second kappa shape index (κ2) is 6.37. The summed E-state index contributed by atoms with van der Waals surface area (Å²) in [5.74, 6) is -0.669. The van der Waals surface area contributed by atoms with Crippen LogP contribution in [-0.2, 0) is 11.3 Å². The van der Waals surface area contributed by atoms with E-state index < -0.39 is 5.97 Å². The Bertz CT molecular complexity index is 987. The fraction of sp³-hybridized carbons (Fsp3) is 0.125. The number of anilines is 1. The number of carbonyl (C=O) groups is 1. The number of nitrogens with one attached hydrogen (secondary N) is 2. The zero-order chi connectivity index (χ0) is 17.1. The Labute approximate surface area is 136 Å². The molecule has 2 aromatic heterocycles. The Morgan fingerprint density at radius 2 is 2.29 bits per heavy atom. The molecule has 0 atom stereocenters. The molecule has 0 saturated carbocycles. The lowest BCUT2D eigenvalue weighted by molar-refractivity contribution is -0.131. The van der Waals surface area contributed by atoms with Crippen molar-refractivity contribution < 1.29 is 9.90 Å². The number of rotatable bonds is 5. The van der Waals surface area contributed by atoms with Gasteiger partial charge in [-0.2, -0.15) is 4.52 Å². The lowest BCUT2D eigenvalue weighted by atomic mass is 10.1. The van der Waals surface area contributed by atoms with Gasteiger partial charge in [0.2, 0.25) is 0 Å². The van der Waals surface area contributed by atoms with Crippen LogP contribution in [0, 0.1) is 6.92 Å². The molecule has 0 radical (unpaired) electrons. The molecule has 0 aliphatic heterocycles. The molecule has 0 aliphatic rings. The summed E-state index contributed by atoms with van der Waals surface area (Å²) >= 11 is 0. The van der Waals surface area contributed by atoms with Crippen molar-refractivity contribution >= 4 is 23.5 Å². The first-order valence-electron chi connectivity index (χ1n) is 7.21. The Kier molecular flexibility index (Phi) is 4.11. The van der Waals surface area contributed by atoms with Crippen LogP contribution < -0.4 is 10.9 Å². The first-order valence-corrected chi connectivity index (χ1v) is 7.21. The van der Waals surface area contributed by atoms with Gasteiger partial charge < -0.3 is 10.4 Å². The van der Waals surface area contributed by atoms with E-state index >= 15 is 0 Å². The molecule has 0 saturated heterocycles. The molecule has 0 bridgehead atoms. The van der Waals surface area contributed by atoms with Crippen molar-refractivity contribution in [1.29, 1.82) is 0 Å². The highest BCUT2D eigenvalue weighted by Crippen LogP contribution is 2.13. The highest BCUT2D eigenvalue weighted by Gasteiger charge is 2.10. The SMILES string of the molecule is Cc1nc2nc[nH]n2c(=O)c1CNc1cccc(/C=C/C(=O)O)c1. The number of aromatic nitrogens is 4. The minimum Gasteiger partial charge on any atom is -0.478 e. The molecule has 0 amide bonds. The third kappa shape index (κ3) is 3.17. The van der Waals surface area contributed by atoms with Gasteiger partial charge in [-0.1, -0.05) is 12.1 Å². The number of benzene rings is 1. The maximum atomic E-state index is 12.4. The van der Waals surface area contributed by atoms with E-state index in [2.05, 4.69) is 20.4 Å². The summed E-state index contributed by atoms with van der Waals surface area (Å²) < 4.78 is 1.29. The van der Waals surface area contributed by atoms with Crippen LogP contribution in [0.5, 0.6) is 0 Å². The van der Waals surface area contributed by atoms with Crippen molar-refractivity contribution in [3.8, 4) is 0 Å². The average Bonchev–Trinajstić information content (AvgIpc) is 3.01. The van der Waals surface area contributed by atoms with Crippen molar-refractivity contribution in [2.75, 3.05) is 5.32 Å². The predicted octanol–water partition coefficient (Wildman–Crippen LogP) is 1.44. The van der Waals surface area contributed by atoms with Gasteiger partial charge in [0.25, 0.3) is 11.3 Å². The second-order valence-electron chi connectivity index (χ2n) is 5.15. The molecule has 122 valence electrons. The summed E-state index contributed by atoms with van der Waals surface area (Å²) in [7, 11) is 0. The number of fused-ring (bicyclic) bond motifs is 1. The maximum Gasteiger partial charge on any atom is 0.328 e. The van der Waals surface area contributed by atoms with Crippen LogP contribution in [0.25, 0.3) is 11.9 Å². The average molecular weight is 325 g/mol. The van der Waals surface area contributed by atoms with E-state index in [1.807, 2.05) is 6.07 Å². The summed E-state index contributed by atoms with van der Waals surface area (Å²) in [6, 6.07) is 7.24. The zero-order valence-electron chi connectivity index (χ0n) is 12.9. The van der Waals surface area contributed by atoms with Crippen LogP contribution in [0.15, 0.2) is 41.5 Å². The molecule has 0 fully saturated rings. The van der Waals surface area contributed by atoms with Gasteiger partial charge >= 0.3 is 5.97 Å². The molecule has 0 unspecified atom stereocenters. The molecule has 1 aromatic carbocycles. The number of nitrogens with zero attached hydrogens (tertiary/aromatic N) is 3. The fourth-order valence-corrected chi connectivity index (χ4v) is 2.31. The highest BCUT2D eigenvalue weighted by molar-refractivity contribution is 5.85. The Balaban J connectivity index is 1.82. The van der Waals surface area contributed by atoms with Crippen molar-refractivity contribution in [2.24, 2.45) is 0 Å². The number of carboxylic acid groups (broad SMARTS) is 1. The maximum absolute atomic E-state index is 12.4. The molecule has 24 heavy (non-hydrogen) atoms. The van der Waals surface area contributed by atoms with Crippen LogP contribution >= 0.6 is 0 Å². The number of aromatic amines is 1. The molecule has 3 N–H and O–H groups in total. The number of hydrogen-bond acceptors (Lipinski definition) is 5. The molecule has 2 heterocycles. The Morgan fingerprint density at radius 3 is 3.08 bits per heavy atom. The number of aliphatic carboxylic acids is 1. The van der Waals surface area contributed by atoms with Crippen molar-refractivity contribution in [3.63, 3.8) is 0 Å². The normalized spacial score (nSPS) is 11.2. The second-order valence-corrected chi connectivity index (χ2v) is 5.15. The van der Waals surface area contributed by atoms with Crippen LogP contribution in [0.2, 0.25) is 0 Å². The van der Waals surface area contributed by atoms with Crippen LogP contribution in [-0.4, -0.2) is 30.7 Å². The summed E-state index contributed by atoms with van der Waals surface area (Å²) in [5.41, 5.74) is 2.46. The Morgan fingerprint density at radius 1 is 1.46 bits per heavy atom. The minimum absolute atomic E-state index is 0.204. The van der Waals surface area contributed by atoms with Gasteiger partial charge in [0.1, 0.15) is 6.33 Å². The van der Waals surface area contributed by atoms with E-state index in [0.29, 0.717) is 23.6 Å².